The number of rotatable bonds is 11. The predicted molar refractivity (Wildman–Crippen MR) is 140 cm³/mol. The summed E-state index contributed by atoms with van der Waals surface area (Å²) in [6.45, 7) is 18.7. The Kier molecular flexibility index (Phi) is 9.29. The summed E-state index contributed by atoms with van der Waals surface area (Å²) in [7, 11) is -0.327. The monoisotopic (exact) mass is 472 g/mol. The Bertz CT molecular complexity index is 917. The molecule has 0 aliphatic carbocycles. The molecule has 0 amide bonds. The van der Waals surface area contributed by atoms with Crippen molar-refractivity contribution >= 4 is 20.5 Å². The van der Waals surface area contributed by atoms with Crippen molar-refractivity contribution in [2.24, 2.45) is 0 Å². The van der Waals surface area contributed by atoms with E-state index in [0.717, 1.165) is 22.6 Å². The average Bonchev–Trinajstić information content (AvgIpc) is 2.74. The highest BCUT2D eigenvalue weighted by Gasteiger charge is 2.39. The van der Waals surface area contributed by atoms with Gasteiger partial charge >= 0.3 is 0 Å². The molecule has 0 spiro atoms. The summed E-state index contributed by atoms with van der Waals surface area (Å²) in [6.07, 6.45) is 4.10. The molecule has 0 bridgehead atoms. The number of benzene rings is 2. The molecule has 182 valence electrons. The van der Waals surface area contributed by atoms with Crippen LogP contribution >= 0.6 is 0 Å². The van der Waals surface area contributed by atoms with Crippen molar-refractivity contribution in [2.75, 3.05) is 26.9 Å². The van der Waals surface area contributed by atoms with Crippen molar-refractivity contribution in [3.63, 3.8) is 0 Å². The van der Waals surface area contributed by atoms with Crippen LogP contribution in [0.2, 0.25) is 18.1 Å². The molecule has 2 aromatic carbocycles. The smallest absolute Gasteiger partial charge is 0.250 e. The standard InChI is InChI=1S/C27H40O5Si/c1-10-29-24-18-21(19-25(30-11-2)26(24)31-12-3)14-13-20-15-16-22(28-7)23(17-20)32-33(8,9)27(4,5)6/h13-19H,10-12H2,1-9H3/b14-13-. The minimum absolute atomic E-state index is 0.0948. The van der Waals surface area contributed by atoms with E-state index >= 15 is 0 Å². The van der Waals surface area contributed by atoms with E-state index in [4.69, 9.17) is 23.4 Å². The summed E-state index contributed by atoms with van der Waals surface area (Å²) in [6, 6.07) is 9.97. The van der Waals surface area contributed by atoms with E-state index in [-0.39, 0.29) is 5.04 Å². The van der Waals surface area contributed by atoms with E-state index in [9.17, 15) is 0 Å². The predicted octanol–water partition coefficient (Wildman–Crippen LogP) is 7.45. The first-order valence-electron chi connectivity index (χ1n) is 11.7. The van der Waals surface area contributed by atoms with Gasteiger partial charge in [-0.1, -0.05) is 39.0 Å². The normalized spacial score (nSPS) is 12.0. The maximum atomic E-state index is 6.55. The lowest BCUT2D eigenvalue weighted by Gasteiger charge is -2.36. The lowest BCUT2D eigenvalue weighted by molar-refractivity contribution is 0.260. The molecule has 6 heteroatoms. The van der Waals surface area contributed by atoms with E-state index < -0.39 is 8.32 Å². The van der Waals surface area contributed by atoms with Gasteiger partial charge in [-0.15, -0.1) is 0 Å². The number of hydrogen-bond donors (Lipinski definition) is 0. The molecule has 0 fully saturated rings. The van der Waals surface area contributed by atoms with Crippen LogP contribution in [0.4, 0.5) is 0 Å². The van der Waals surface area contributed by atoms with Crippen molar-refractivity contribution < 1.29 is 23.4 Å². The number of methoxy groups -OCH3 is 1. The van der Waals surface area contributed by atoms with Crippen LogP contribution in [-0.2, 0) is 0 Å². The van der Waals surface area contributed by atoms with E-state index in [2.05, 4.69) is 39.9 Å². The minimum Gasteiger partial charge on any atom is -0.541 e. The number of ether oxygens (including phenoxy) is 4. The first kappa shape index (κ1) is 26.6. The Morgan fingerprint density at radius 3 is 1.73 bits per heavy atom. The highest BCUT2D eigenvalue weighted by molar-refractivity contribution is 6.74. The van der Waals surface area contributed by atoms with Gasteiger partial charge in [0.25, 0.3) is 8.32 Å². The molecule has 33 heavy (non-hydrogen) atoms. The van der Waals surface area contributed by atoms with Crippen LogP contribution in [0, 0.1) is 0 Å². The van der Waals surface area contributed by atoms with Gasteiger partial charge in [-0.25, -0.2) is 0 Å². The lowest BCUT2D eigenvalue weighted by Crippen LogP contribution is -2.43. The molecule has 0 radical (unpaired) electrons. The molecule has 0 atom stereocenters. The third kappa shape index (κ3) is 6.94. The maximum absolute atomic E-state index is 6.55. The summed E-state index contributed by atoms with van der Waals surface area (Å²) in [5.74, 6) is 3.54. The van der Waals surface area contributed by atoms with Gasteiger partial charge in [-0.2, -0.15) is 0 Å². The van der Waals surface area contributed by atoms with Crippen LogP contribution in [0.25, 0.3) is 12.2 Å². The minimum atomic E-state index is -2.00. The first-order valence-corrected chi connectivity index (χ1v) is 14.6. The highest BCUT2D eigenvalue weighted by Crippen LogP contribution is 2.41. The number of hydrogen-bond acceptors (Lipinski definition) is 5. The highest BCUT2D eigenvalue weighted by atomic mass is 28.4. The van der Waals surface area contributed by atoms with E-state index in [0.29, 0.717) is 37.1 Å². The van der Waals surface area contributed by atoms with Crippen LogP contribution in [0.1, 0.15) is 52.7 Å². The Morgan fingerprint density at radius 2 is 1.24 bits per heavy atom. The molecular weight excluding hydrogens is 432 g/mol. The maximum Gasteiger partial charge on any atom is 0.250 e. The zero-order valence-corrected chi connectivity index (χ0v) is 22.7. The zero-order chi connectivity index (χ0) is 24.6. The summed E-state index contributed by atoms with van der Waals surface area (Å²) < 4.78 is 29.6. The molecule has 0 saturated carbocycles. The van der Waals surface area contributed by atoms with Crippen molar-refractivity contribution in [3.05, 3.63) is 41.5 Å². The van der Waals surface area contributed by atoms with Gasteiger partial charge in [0.1, 0.15) is 5.75 Å². The SMILES string of the molecule is CCOc1cc(/C=C\c2ccc(OC)c(O[Si](C)(C)C(C)(C)C)c2)cc(OCC)c1OCC. The van der Waals surface area contributed by atoms with Gasteiger partial charge in [0.05, 0.1) is 26.9 Å². The Hall–Kier alpha value is -2.60. The van der Waals surface area contributed by atoms with Gasteiger partial charge in [0.15, 0.2) is 17.2 Å². The lowest BCUT2D eigenvalue weighted by atomic mass is 10.1. The van der Waals surface area contributed by atoms with Crippen LogP contribution in [0.5, 0.6) is 28.7 Å². The second-order valence-electron chi connectivity index (χ2n) is 9.25. The molecule has 0 aromatic heterocycles. The summed E-state index contributed by atoms with van der Waals surface area (Å²) in [4.78, 5) is 0. The van der Waals surface area contributed by atoms with E-state index in [1.165, 1.54) is 0 Å². The van der Waals surface area contributed by atoms with Gasteiger partial charge in [-0.05, 0) is 74.3 Å². The van der Waals surface area contributed by atoms with Crippen molar-refractivity contribution in [2.45, 2.75) is 59.7 Å². The third-order valence-electron chi connectivity index (χ3n) is 5.76. The van der Waals surface area contributed by atoms with E-state index in [1.54, 1.807) is 7.11 Å². The summed E-state index contributed by atoms with van der Waals surface area (Å²) in [5, 5.41) is 0.0948. The van der Waals surface area contributed by atoms with Crippen LogP contribution in [-0.4, -0.2) is 35.2 Å². The second-order valence-corrected chi connectivity index (χ2v) is 14.0. The molecule has 0 heterocycles. The van der Waals surface area contributed by atoms with Crippen molar-refractivity contribution in [1.82, 2.24) is 0 Å². The Morgan fingerprint density at radius 1 is 0.727 bits per heavy atom. The molecule has 5 nitrogen and oxygen atoms in total. The molecule has 2 rings (SSSR count). The van der Waals surface area contributed by atoms with Crippen LogP contribution < -0.4 is 23.4 Å². The second kappa shape index (κ2) is 11.5. The van der Waals surface area contributed by atoms with Crippen LogP contribution in [0.3, 0.4) is 0 Å². The largest absolute Gasteiger partial charge is 0.541 e. The molecular formula is C27H40O5Si. The first-order chi connectivity index (χ1) is 15.6. The third-order valence-corrected chi connectivity index (χ3v) is 10.1. The molecule has 0 aliphatic rings. The fraction of sp³-hybridized carbons (Fsp3) is 0.481. The van der Waals surface area contributed by atoms with Gasteiger partial charge in [0.2, 0.25) is 5.75 Å². The Balaban J connectivity index is 2.42. The van der Waals surface area contributed by atoms with Crippen molar-refractivity contribution in [3.8, 4) is 28.7 Å². The van der Waals surface area contributed by atoms with Gasteiger partial charge in [0, 0.05) is 0 Å². The molecule has 0 N–H and O–H groups in total. The average molecular weight is 473 g/mol. The summed E-state index contributed by atoms with van der Waals surface area (Å²) in [5.41, 5.74) is 1.99. The zero-order valence-electron chi connectivity index (χ0n) is 21.7. The topological polar surface area (TPSA) is 46.2 Å². The van der Waals surface area contributed by atoms with Crippen LogP contribution in [0.15, 0.2) is 30.3 Å². The molecule has 0 aliphatic heterocycles. The Labute approximate surface area is 200 Å². The summed E-state index contributed by atoms with van der Waals surface area (Å²) >= 11 is 0. The quantitative estimate of drug-likeness (QED) is 0.251. The fourth-order valence-corrected chi connectivity index (χ4v) is 4.02. The fourth-order valence-electron chi connectivity index (χ4n) is 3.00. The van der Waals surface area contributed by atoms with Gasteiger partial charge < -0.3 is 23.4 Å². The van der Waals surface area contributed by atoms with E-state index in [1.807, 2.05) is 57.2 Å². The van der Waals surface area contributed by atoms with Gasteiger partial charge in [-0.3, -0.25) is 0 Å². The molecule has 2 aromatic rings. The van der Waals surface area contributed by atoms with Crippen molar-refractivity contribution in [1.29, 1.82) is 0 Å². The molecule has 0 saturated heterocycles. The molecule has 0 unspecified atom stereocenters.